The summed E-state index contributed by atoms with van der Waals surface area (Å²) in [7, 11) is 2.08. The van der Waals surface area contributed by atoms with Crippen molar-refractivity contribution in [2.75, 3.05) is 7.05 Å². The minimum atomic E-state index is -0.350. The van der Waals surface area contributed by atoms with E-state index in [1.807, 2.05) is 6.07 Å². The molecule has 2 rings (SSSR count). The number of nitro benzene ring substituents is 1. The van der Waals surface area contributed by atoms with Crippen molar-refractivity contribution in [1.82, 2.24) is 4.90 Å². The smallest absolute Gasteiger partial charge is 0.283 e. The number of benzene rings is 1. The van der Waals surface area contributed by atoms with Gasteiger partial charge in [0.25, 0.3) is 5.69 Å². The Hall–Kier alpha value is -0.940. The fourth-order valence-electron chi connectivity index (χ4n) is 2.05. The Morgan fingerprint density at radius 2 is 2.24 bits per heavy atom. The normalized spacial score (nSPS) is 15.9. The maximum atomic E-state index is 10.8. The van der Waals surface area contributed by atoms with E-state index in [0.717, 1.165) is 12.1 Å². The quantitative estimate of drug-likeness (QED) is 0.633. The van der Waals surface area contributed by atoms with Crippen molar-refractivity contribution in [2.45, 2.75) is 31.8 Å². The third-order valence-electron chi connectivity index (χ3n) is 3.37. The number of hydrogen-bond acceptors (Lipinski definition) is 3. The van der Waals surface area contributed by atoms with Gasteiger partial charge in [0.2, 0.25) is 0 Å². The highest BCUT2D eigenvalue weighted by Crippen LogP contribution is 2.31. The standard InChI is InChI=1S/C12H15BrN2O2/c1-14(10-5-3-6-10)8-9-4-2-7-11(12(9)13)15(16)17/h2,4,7,10H,3,5-6,8H2,1H3. The molecular formula is C12H15BrN2O2. The van der Waals surface area contributed by atoms with Crippen molar-refractivity contribution in [3.63, 3.8) is 0 Å². The molecule has 0 spiro atoms. The molecule has 1 aliphatic carbocycles. The zero-order valence-electron chi connectivity index (χ0n) is 9.73. The third-order valence-corrected chi connectivity index (χ3v) is 4.29. The first kappa shape index (κ1) is 12.5. The Bertz CT molecular complexity index is 433. The van der Waals surface area contributed by atoms with E-state index in [9.17, 15) is 10.1 Å². The topological polar surface area (TPSA) is 46.4 Å². The van der Waals surface area contributed by atoms with Gasteiger partial charge in [-0.2, -0.15) is 0 Å². The van der Waals surface area contributed by atoms with Gasteiger partial charge in [0, 0.05) is 18.7 Å². The molecule has 0 saturated heterocycles. The van der Waals surface area contributed by atoms with Crippen LogP contribution < -0.4 is 0 Å². The summed E-state index contributed by atoms with van der Waals surface area (Å²) in [6.07, 6.45) is 3.78. The molecule has 17 heavy (non-hydrogen) atoms. The lowest BCUT2D eigenvalue weighted by Crippen LogP contribution is -2.36. The summed E-state index contributed by atoms with van der Waals surface area (Å²) in [6.45, 7) is 0.757. The van der Waals surface area contributed by atoms with E-state index in [1.165, 1.54) is 25.3 Å². The van der Waals surface area contributed by atoms with Crippen LogP contribution in [-0.2, 0) is 6.54 Å². The van der Waals surface area contributed by atoms with Gasteiger partial charge in [-0.3, -0.25) is 15.0 Å². The van der Waals surface area contributed by atoms with Gasteiger partial charge < -0.3 is 0 Å². The number of hydrogen-bond donors (Lipinski definition) is 0. The lowest BCUT2D eigenvalue weighted by Gasteiger charge is -2.34. The van der Waals surface area contributed by atoms with Crippen LogP contribution in [0, 0.1) is 10.1 Å². The van der Waals surface area contributed by atoms with E-state index in [2.05, 4.69) is 27.9 Å². The molecule has 92 valence electrons. The molecule has 0 amide bonds. The Kier molecular flexibility index (Phi) is 3.79. The van der Waals surface area contributed by atoms with E-state index in [4.69, 9.17) is 0 Å². The molecular weight excluding hydrogens is 284 g/mol. The summed E-state index contributed by atoms with van der Waals surface area (Å²) in [5.41, 5.74) is 1.12. The third kappa shape index (κ3) is 2.66. The van der Waals surface area contributed by atoms with Gasteiger partial charge in [-0.05, 0) is 41.4 Å². The van der Waals surface area contributed by atoms with Gasteiger partial charge in [0.15, 0.2) is 0 Å². The van der Waals surface area contributed by atoms with Gasteiger partial charge in [0.05, 0.1) is 9.40 Å². The number of nitro groups is 1. The SMILES string of the molecule is CN(Cc1cccc([N+](=O)[O-])c1Br)C1CCC1. The summed E-state index contributed by atoms with van der Waals surface area (Å²) in [6, 6.07) is 5.84. The highest BCUT2D eigenvalue weighted by Gasteiger charge is 2.23. The molecule has 1 aromatic carbocycles. The Morgan fingerprint density at radius 3 is 2.76 bits per heavy atom. The van der Waals surface area contributed by atoms with Crippen LogP contribution in [0.5, 0.6) is 0 Å². The number of nitrogens with zero attached hydrogens (tertiary/aromatic N) is 2. The second-order valence-electron chi connectivity index (χ2n) is 4.51. The fourth-order valence-corrected chi connectivity index (χ4v) is 2.59. The van der Waals surface area contributed by atoms with Gasteiger partial charge in [-0.15, -0.1) is 0 Å². The number of halogens is 1. The summed E-state index contributed by atoms with van der Waals surface area (Å²) < 4.78 is 0.608. The van der Waals surface area contributed by atoms with Crippen molar-refractivity contribution in [3.05, 3.63) is 38.3 Å². The van der Waals surface area contributed by atoms with Crippen LogP contribution in [0.4, 0.5) is 5.69 Å². The zero-order chi connectivity index (χ0) is 12.4. The van der Waals surface area contributed by atoms with E-state index in [-0.39, 0.29) is 10.6 Å². The molecule has 1 aliphatic rings. The molecule has 0 radical (unpaired) electrons. The van der Waals surface area contributed by atoms with Crippen LogP contribution >= 0.6 is 15.9 Å². The first-order valence-electron chi connectivity index (χ1n) is 5.71. The molecule has 0 bridgehead atoms. The molecule has 0 heterocycles. The minimum absolute atomic E-state index is 0.143. The zero-order valence-corrected chi connectivity index (χ0v) is 11.3. The minimum Gasteiger partial charge on any atom is -0.299 e. The summed E-state index contributed by atoms with van der Waals surface area (Å²) >= 11 is 3.33. The maximum absolute atomic E-state index is 10.8. The highest BCUT2D eigenvalue weighted by atomic mass is 79.9. The molecule has 1 fully saturated rings. The molecule has 0 aromatic heterocycles. The van der Waals surface area contributed by atoms with E-state index in [1.54, 1.807) is 6.07 Å². The van der Waals surface area contributed by atoms with Crippen LogP contribution in [0.1, 0.15) is 24.8 Å². The average molecular weight is 299 g/mol. The van der Waals surface area contributed by atoms with Crippen molar-refractivity contribution in [1.29, 1.82) is 0 Å². The molecule has 1 aromatic rings. The summed E-state index contributed by atoms with van der Waals surface area (Å²) in [4.78, 5) is 12.7. The van der Waals surface area contributed by atoms with Crippen LogP contribution in [0.25, 0.3) is 0 Å². The van der Waals surface area contributed by atoms with E-state index in [0.29, 0.717) is 10.5 Å². The Morgan fingerprint density at radius 1 is 1.53 bits per heavy atom. The maximum Gasteiger partial charge on any atom is 0.283 e. The Labute approximate surface area is 109 Å². The second kappa shape index (κ2) is 5.14. The van der Waals surface area contributed by atoms with Crippen molar-refractivity contribution in [3.8, 4) is 0 Å². The first-order valence-corrected chi connectivity index (χ1v) is 6.51. The van der Waals surface area contributed by atoms with Gasteiger partial charge in [-0.1, -0.05) is 18.6 Å². The van der Waals surface area contributed by atoms with Gasteiger partial charge >= 0.3 is 0 Å². The molecule has 0 unspecified atom stereocenters. The van der Waals surface area contributed by atoms with Crippen LogP contribution in [-0.4, -0.2) is 22.9 Å². The largest absolute Gasteiger partial charge is 0.299 e. The summed E-state index contributed by atoms with van der Waals surface area (Å²) in [5.74, 6) is 0. The Balaban J connectivity index is 2.15. The fraction of sp³-hybridized carbons (Fsp3) is 0.500. The van der Waals surface area contributed by atoms with Gasteiger partial charge in [0.1, 0.15) is 0 Å². The van der Waals surface area contributed by atoms with Crippen molar-refractivity contribution in [2.24, 2.45) is 0 Å². The molecule has 1 saturated carbocycles. The molecule has 0 atom stereocenters. The first-order chi connectivity index (χ1) is 8.09. The summed E-state index contributed by atoms with van der Waals surface area (Å²) in [5, 5.41) is 10.8. The van der Waals surface area contributed by atoms with E-state index >= 15 is 0 Å². The van der Waals surface area contributed by atoms with E-state index < -0.39 is 0 Å². The monoisotopic (exact) mass is 298 g/mol. The molecule has 4 nitrogen and oxygen atoms in total. The average Bonchev–Trinajstić information content (AvgIpc) is 2.18. The molecule has 0 N–H and O–H groups in total. The predicted molar refractivity (Wildman–Crippen MR) is 69.9 cm³/mol. The van der Waals surface area contributed by atoms with Gasteiger partial charge in [-0.25, -0.2) is 0 Å². The lowest BCUT2D eigenvalue weighted by atomic mass is 9.91. The van der Waals surface area contributed by atoms with Crippen LogP contribution in [0.3, 0.4) is 0 Å². The van der Waals surface area contributed by atoms with Crippen molar-refractivity contribution < 1.29 is 4.92 Å². The predicted octanol–water partition coefficient (Wildman–Crippen LogP) is 3.34. The number of rotatable bonds is 4. The molecule has 5 heteroatoms. The second-order valence-corrected chi connectivity index (χ2v) is 5.30. The van der Waals surface area contributed by atoms with Crippen LogP contribution in [0.2, 0.25) is 0 Å². The highest BCUT2D eigenvalue weighted by molar-refractivity contribution is 9.10. The molecule has 0 aliphatic heterocycles. The lowest BCUT2D eigenvalue weighted by molar-refractivity contribution is -0.385. The van der Waals surface area contributed by atoms with Crippen LogP contribution in [0.15, 0.2) is 22.7 Å². The van der Waals surface area contributed by atoms with Crippen molar-refractivity contribution >= 4 is 21.6 Å².